The van der Waals surface area contributed by atoms with E-state index >= 15 is 0 Å². The number of nitrogens with zero attached hydrogens (tertiary/aromatic N) is 2. The monoisotopic (exact) mass is 305 g/mol. The number of hydrogen-bond donors (Lipinski definition) is 1. The van der Waals surface area contributed by atoms with Gasteiger partial charge in [-0.3, -0.25) is 0 Å². The fourth-order valence-electron chi connectivity index (χ4n) is 1.89. The van der Waals surface area contributed by atoms with Crippen LogP contribution < -0.4 is 10.5 Å². The van der Waals surface area contributed by atoms with Gasteiger partial charge in [0, 0.05) is 5.02 Å². The zero-order chi connectivity index (χ0) is 14.8. The lowest BCUT2D eigenvalue weighted by Crippen LogP contribution is -1.92. The Morgan fingerprint density at radius 2 is 2.14 bits per heavy atom. The van der Waals surface area contributed by atoms with Crippen LogP contribution in [-0.4, -0.2) is 17.3 Å². The molecule has 21 heavy (non-hydrogen) atoms. The Hall–Kier alpha value is -2.31. The van der Waals surface area contributed by atoms with E-state index in [1.165, 1.54) is 0 Å². The molecule has 2 heterocycles. The van der Waals surface area contributed by atoms with Gasteiger partial charge in [0.1, 0.15) is 11.5 Å². The molecular weight excluding hydrogens is 294 g/mol. The van der Waals surface area contributed by atoms with Crippen LogP contribution in [0, 0.1) is 0 Å². The van der Waals surface area contributed by atoms with Gasteiger partial charge in [-0.2, -0.15) is 4.98 Å². The van der Waals surface area contributed by atoms with E-state index in [2.05, 4.69) is 10.1 Å². The molecule has 0 radical (unpaired) electrons. The van der Waals surface area contributed by atoms with Crippen LogP contribution in [0.25, 0.3) is 23.0 Å². The van der Waals surface area contributed by atoms with Crippen molar-refractivity contribution in [3.05, 3.63) is 41.1 Å². The summed E-state index contributed by atoms with van der Waals surface area (Å²) in [4.78, 5) is 4.30. The first-order chi connectivity index (χ1) is 10.2. The second kappa shape index (κ2) is 5.59. The second-order valence-corrected chi connectivity index (χ2v) is 4.67. The van der Waals surface area contributed by atoms with Crippen molar-refractivity contribution in [2.45, 2.75) is 6.54 Å². The Morgan fingerprint density at radius 1 is 1.29 bits per heavy atom. The third-order valence-electron chi connectivity index (χ3n) is 2.90. The molecule has 3 rings (SSSR count). The molecule has 108 valence electrons. The molecule has 0 fully saturated rings. The van der Waals surface area contributed by atoms with Crippen LogP contribution in [0.1, 0.15) is 5.76 Å². The van der Waals surface area contributed by atoms with Gasteiger partial charge in [0.15, 0.2) is 5.76 Å². The van der Waals surface area contributed by atoms with Gasteiger partial charge in [0.2, 0.25) is 5.82 Å². The number of aromatic nitrogens is 2. The Labute approximate surface area is 125 Å². The highest BCUT2D eigenvalue weighted by Gasteiger charge is 2.16. The molecule has 0 aliphatic rings. The average molecular weight is 306 g/mol. The molecule has 0 aliphatic heterocycles. The van der Waals surface area contributed by atoms with Crippen molar-refractivity contribution in [3.8, 4) is 28.8 Å². The number of halogens is 1. The van der Waals surface area contributed by atoms with Gasteiger partial charge in [-0.15, -0.1) is 0 Å². The maximum Gasteiger partial charge on any atom is 0.293 e. The molecule has 0 spiro atoms. The van der Waals surface area contributed by atoms with Crippen LogP contribution in [0.2, 0.25) is 5.02 Å². The highest BCUT2D eigenvalue weighted by Crippen LogP contribution is 2.32. The van der Waals surface area contributed by atoms with E-state index in [-0.39, 0.29) is 5.89 Å². The van der Waals surface area contributed by atoms with Crippen molar-refractivity contribution < 1.29 is 13.7 Å². The molecule has 3 aromatic rings. The second-order valence-electron chi connectivity index (χ2n) is 4.24. The van der Waals surface area contributed by atoms with Crippen LogP contribution >= 0.6 is 11.6 Å². The number of rotatable bonds is 4. The zero-order valence-corrected chi connectivity index (χ0v) is 11.9. The molecule has 2 N–H and O–H groups in total. The van der Waals surface area contributed by atoms with Gasteiger partial charge in [-0.05, 0) is 30.3 Å². The summed E-state index contributed by atoms with van der Waals surface area (Å²) < 4.78 is 15.9. The molecule has 0 bridgehead atoms. The van der Waals surface area contributed by atoms with Crippen molar-refractivity contribution in [3.63, 3.8) is 0 Å². The fourth-order valence-corrected chi connectivity index (χ4v) is 2.05. The maximum absolute atomic E-state index is 5.93. The van der Waals surface area contributed by atoms with Gasteiger partial charge < -0.3 is 19.4 Å². The summed E-state index contributed by atoms with van der Waals surface area (Å²) in [5.74, 6) is 2.36. The lowest BCUT2D eigenvalue weighted by molar-refractivity contribution is 0.407. The molecule has 0 saturated heterocycles. The standard InChI is InChI=1S/C14H12ClN3O3/c1-19-12-6-8(15)2-4-10(12)13-17-14(21-18-13)11-5-3-9(7-16)20-11/h2-6H,7,16H2,1H3. The Balaban J connectivity index is 1.98. The van der Waals surface area contributed by atoms with Crippen LogP contribution in [0.4, 0.5) is 0 Å². The van der Waals surface area contributed by atoms with Gasteiger partial charge in [-0.1, -0.05) is 16.8 Å². The molecule has 0 saturated carbocycles. The van der Waals surface area contributed by atoms with E-state index in [0.29, 0.717) is 40.2 Å². The quantitative estimate of drug-likeness (QED) is 0.797. The van der Waals surface area contributed by atoms with Crippen LogP contribution in [0.15, 0.2) is 39.3 Å². The van der Waals surface area contributed by atoms with Crippen LogP contribution in [0.5, 0.6) is 5.75 Å². The van der Waals surface area contributed by atoms with Crippen molar-refractivity contribution in [2.75, 3.05) is 7.11 Å². The number of hydrogen-bond acceptors (Lipinski definition) is 6. The molecule has 1 aromatic carbocycles. The van der Waals surface area contributed by atoms with Crippen molar-refractivity contribution >= 4 is 11.6 Å². The number of methoxy groups -OCH3 is 1. The molecule has 7 heteroatoms. The summed E-state index contributed by atoms with van der Waals surface area (Å²) >= 11 is 5.93. The number of ether oxygens (including phenoxy) is 1. The van der Waals surface area contributed by atoms with E-state index in [1.807, 2.05) is 0 Å². The number of furan rings is 1. The Morgan fingerprint density at radius 3 is 2.86 bits per heavy atom. The first-order valence-electron chi connectivity index (χ1n) is 6.18. The van der Waals surface area contributed by atoms with Gasteiger partial charge in [0.25, 0.3) is 5.89 Å². The van der Waals surface area contributed by atoms with E-state index in [1.54, 1.807) is 37.4 Å². The van der Waals surface area contributed by atoms with E-state index < -0.39 is 0 Å². The van der Waals surface area contributed by atoms with Crippen molar-refractivity contribution in [1.29, 1.82) is 0 Å². The number of benzene rings is 1. The first-order valence-corrected chi connectivity index (χ1v) is 6.56. The summed E-state index contributed by atoms with van der Waals surface area (Å²) in [5.41, 5.74) is 6.18. The van der Waals surface area contributed by atoms with Gasteiger partial charge >= 0.3 is 0 Å². The first kappa shape index (κ1) is 13.7. The summed E-state index contributed by atoms with van der Waals surface area (Å²) in [5, 5.41) is 4.50. The number of nitrogens with two attached hydrogens (primary N) is 1. The Kier molecular flexibility index (Phi) is 3.64. The minimum absolute atomic E-state index is 0.279. The Bertz CT molecular complexity index is 766. The molecule has 6 nitrogen and oxygen atoms in total. The third kappa shape index (κ3) is 2.63. The van der Waals surface area contributed by atoms with E-state index in [0.717, 1.165) is 0 Å². The SMILES string of the molecule is COc1cc(Cl)ccc1-c1noc(-c2ccc(CN)o2)n1. The predicted molar refractivity (Wildman–Crippen MR) is 76.9 cm³/mol. The smallest absolute Gasteiger partial charge is 0.293 e. The van der Waals surface area contributed by atoms with Crippen molar-refractivity contribution in [1.82, 2.24) is 10.1 Å². The van der Waals surface area contributed by atoms with Gasteiger partial charge in [0.05, 0.1) is 19.2 Å². The lowest BCUT2D eigenvalue weighted by Gasteiger charge is -2.04. The fraction of sp³-hybridized carbons (Fsp3) is 0.143. The minimum atomic E-state index is 0.279. The lowest BCUT2D eigenvalue weighted by atomic mass is 10.2. The maximum atomic E-state index is 5.93. The average Bonchev–Trinajstić information content (AvgIpc) is 3.15. The summed E-state index contributed by atoms with van der Waals surface area (Å²) in [7, 11) is 1.55. The predicted octanol–water partition coefficient (Wildman–Crippen LogP) is 3.12. The molecule has 2 aromatic heterocycles. The largest absolute Gasteiger partial charge is 0.496 e. The van der Waals surface area contributed by atoms with Gasteiger partial charge in [-0.25, -0.2) is 0 Å². The summed E-state index contributed by atoms with van der Waals surface area (Å²) in [6.45, 7) is 0.312. The molecule has 0 aliphatic carbocycles. The molecule has 0 amide bonds. The van der Waals surface area contributed by atoms with E-state index in [4.69, 9.17) is 31.0 Å². The zero-order valence-electron chi connectivity index (χ0n) is 11.2. The highest BCUT2D eigenvalue weighted by molar-refractivity contribution is 6.30. The topological polar surface area (TPSA) is 87.3 Å². The summed E-state index contributed by atoms with van der Waals surface area (Å²) in [6, 6.07) is 8.69. The van der Waals surface area contributed by atoms with Crippen LogP contribution in [-0.2, 0) is 6.54 Å². The minimum Gasteiger partial charge on any atom is -0.496 e. The van der Waals surface area contributed by atoms with Crippen LogP contribution in [0.3, 0.4) is 0 Å². The summed E-state index contributed by atoms with van der Waals surface area (Å²) in [6.07, 6.45) is 0. The molecule has 0 unspecified atom stereocenters. The molecule has 0 atom stereocenters. The van der Waals surface area contributed by atoms with Crippen molar-refractivity contribution in [2.24, 2.45) is 5.73 Å². The highest BCUT2D eigenvalue weighted by atomic mass is 35.5. The normalized spacial score (nSPS) is 10.8. The third-order valence-corrected chi connectivity index (χ3v) is 3.14. The van der Waals surface area contributed by atoms with E-state index in [9.17, 15) is 0 Å². The molecular formula is C14H12ClN3O3.